The van der Waals surface area contributed by atoms with Gasteiger partial charge in [-0.05, 0) is 73.1 Å². The Kier molecular flexibility index (Phi) is 5.40. The fraction of sp³-hybridized carbons (Fsp3) is 0.480. The number of hydrogen-bond donors (Lipinski definition) is 1. The number of benzene rings is 2. The Bertz CT molecular complexity index is 999. The summed E-state index contributed by atoms with van der Waals surface area (Å²) in [5.74, 6) is 0.446. The summed E-state index contributed by atoms with van der Waals surface area (Å²) in [6.07, 6.45) is -0.866. The van der Waals surface area contributed by atoms with Crippen LogP contribution in [0.3, 0.4) is 0 Å². The zero-order valence-corrected chi connectivity index (χ0v) is 18.1. The van der Waals surface area contributed by atoms with Crippen LogP contribution in [-0.4, -0.2) is 48.3 Å². The Morgan fingerprint density at radius 3 is 2.12 bits per heavy atom. The Morgan fingerprint density at radius 2 is 1.61 bits per heavy atom. The van der Waals surface area contributed by atoms with E-state index in [1.54, 1.807) is 24.3 Å². The average molecular weight is 461 g/mol. The molecule has 3 fully saturated rings. The van der Waals surface area contributed by atoms with Crippen LogP contribution in [0.4, 0.5) is 13.2 Å². The predicted molar refractivity (Wildman–Crippen MR) is 114 cm³/mol. The first-order valence-electron chi connectivity index (χ1n) is 11.2. The summed E-state index contributed by atoms with van der Waals surface area (Å²) >= 11 is 0. The number of ether oxygens (including phenoxy) is 2. The molecule has 1 amide bonds. The number of piperidine rings is 1. The van der Waals surface area contributed by atoms with E-state index < -0.39 is 17.3 Å². The zero-order valence-electron chi connectivity index (χ0n) is 18.1. The molecule has 8 heteroatoms. The van der Waals surface area contributed by atoms with Crippen molar-refractivity contribution in [2.45, 2.75) is 43.6 Å². The molecule has 1 saturated carbocycles. The van der Waals surface area contributed by atoms with Gasteiger partial charge in [-0.3, -0.25) is 4.79 Å². The van der Waals surface area contributed by atoms with Gasteiger partial charge in [0.2, 0.25) is 0 Å². The maximum atomic E-state index is 12.9. The molecule has 0 aromatic heterocycles. The fourth-order valence-corrected chi connectivity index (χ4v) is 5.06. The molecule has 176 valence electrons. The van der Waals surface area contributed by atoms with Crippen LogP contribution >= 0.6 is 0 Å². The molecule has 2 aromatic rings. The van der Waals surface area contributed by atoms with Gasteiger partial charge in [-0.2, -0.15) is 13.2 Å². The molecule has 2 saturated heterocycles. The highest BCUT2D eigenvalue weighted by molar-refractivity contribution is 5.94. The van der Waals surface area contributed by atoms with Crippen molar-refractivity contribution in [2.24, 2.45) is 5.41 Å². The van der Waals surface area contributed by atoms with Gasteiger partial charge in [-0.15, -0.1) is 0 Å². The van der Waals surface area contributed by atoms with Crippen molar-refractivity contribution in [3.8, 4) is 5.75 Å². The zero-order chi connectivity index (χ0) is 23.3. The quantitative estimate of drug-likeness (QED) is 0.734. The molecule has 1 spiro atoms. The number of likely N-dealkylation sites (tertiary alicyclic amines) is 1. The summed E-state index contributed by atoms with van der Waals surface area (Å²) in [5.41, 5.74) is -0.112. The third-order valence-corrected chi connectivity index (χ3v) is 7.27. The minimum absolute atomic E-state index is 0.00202. The molecule has 2 aliphatic heterocycles. The number of carbonyl (C=O) groups excluding carboxylic acids is 1. The molecule has 0 bridgehead atoms. The summed E-state index contributed by atoms with van der Waals surface area (Å²) < 4.78 is 49.0. The normalized spacial score (nSPS) is 21.9. The standard InChI is InChI=1S/C25H26F3NO4/c26-25(27,28)19-5-7-20(8-6-19)33-21-13-23(14-21)9-11-29(12-10-23)22(30)17-1-3-18(4-2-17)24(31)15-32-16-24/h1-8,21,31H,9-16H2. The van der Waals surface area contributed by atoms with Gasteiger partial charge in [0.1, 0.15) is 11.4 Å². The number of carbonyl (C=O) groups is 1. The Hall–Kier alpha value is -2.58. The second-order valence-corrected chi connectivity index (χ2v) is 9.56. The van der Waals surface area contributed by atoms with Gasteiger partial charge in [0.25, 0.3) is 5.91 Å². The van der Waals surface area contributed by atoms with Crippen molar-refractivity contribution < 1.29 is 32.5 Å². The van der Waals surface area contributed by atoms with Crippen molar-refractivity contribution in [1.29, 1.82) is 0 Å². The molecule has 0 radical (unpaired) electrons. The Balaban J connectivity index is 1.11. The van der Waals surface area contributed by atoms with Crippen LogP contribution in [0.5, 0.6) is 5.75 Å². The molecule has 3 aliphatic rings. The number of amides is 1. The maximum absolute atomic E-state index is 12.9. The Labute approximate surface area is 190 Å². The predicted octanol–water partition coefficient (Wildman–Crippen LogP) is 4.39. The molecular weight excluding hydrogens is 435 g/mol. The van der Waals surface area contributed by atoms with Crippen molar-refractivity contribution in [3.63, 3.8) is 0 Å². The van der Waals surface area contributed by atoms with Gasteiger partial charge in [0.05, 0.1) is 24.9 Å². The summed E-state index contributed by atoms with van der Waals surface area (Å²) in [6.45, 7) is 1.90. The Morgan fingerprint density at radius 1 is 1.00 bits per heavy atom. The summed E-state index contributed by atoms with van der Waals surface area (Å²) in [6, 6.07) is 11.9. The van der Waals surface area contributed by atoms with E-state index in [1.807, 2.05) is 4.90 Å². The number of alkyl halides is 3. The SMILES string of the molecule is O=C(c1ccc(C2(O)COC2)cc1)N1CCC2(CC1)CC(Oc1ccc(C(F)(F)F)cc1)C2. The van der Waals surface area contributed by atoms with Gasteiger partial charge in [-0.1, -0.05) is 12.1 Å². The van der Waals surface area contributed by atoms with E-state index in [0.29, 0.717) is 24.4 Å². The van der Waals surface area contributed by atoms with Crippen molar-refractivity contribution in [1.82, 2.24) is 4.90 Å². The van der Waals surface area contributed by atoms with Crippen LogP contribution in [0.15, 0.2) is 48.5 Å². The molecule has 0 unspecified atom stereocenters. The third kappa shape index (κ3) is 4.34. The van der Waals surface area contributed by atoms with Gasteiger partial charge in [0, 0.05) is 18.7 Å². The number of rotatable bonds is 4. The average Bonchev–Trinajstić information content (AvgIpc) is 2.76. The minimum Gasteiger partial charge on any atom is -0.490 e. The number of hydrogen-bond acceptors (Lipinski definition) is 4. The van der Waals surface area contributed by atoms with Crippen LogP contribution in [0.25, 0.3) is 0 Å². The fourth-order valence-electron chi connectivity index (χ4n) is 5.06. The van der Waals surface area contributed by atoms with E-state index in [-0.39, 0.29) is 30.6 Å². The van der Waals surface area contributed by atoms with E-state index in [4.69, 9.17) is 9.47 Å². The highest BCUT2D eigenvalue weighted by Gasteiger charge is 2.47. The first-order chi connectivity index (χ1) is 15.7. The molecule has 0 atom stereocenters. The van der Waals surface area contributed by atoms with Gasteiger partial charge < -0.3 is 19.5 Å². The van der Waals surface area contributed by atoms with Gasteiger partial charge in [0.15, 0.2) is 0 Å². The number of halogens is 3. The van der Waals surface area contributed by atoms with E-state index in [2.05, 4.69) is 0 Å². The van der Waals surface area contributed by atoms with Crippen LogP contribution in [0.2, 0.25) is 0 Å². The largest absolute Gasteiger partial charge is 0.490 e. The number of nitrogens with zero attached hydrogens (tertiary/aromatic N) is 1. The topological polar surface area (TPSA) is 59.0 Å². The smallest absolute Gasteiger partial charge is 0.416 e. The monoisotopic (exact) mass is 461 g/mol. The molecule has 33 heavy (non-hydrogen) atoms. The molecule has 5 nitrogen and oxygen atoms in total. The van der Waals surface area contributed by atoms with Crippen LogP contribution < -0.4 is 4.74 Å². The van der Waals surface area contributed by atoms with Crippen LogP contribution in [-0.2, 0) is 16.5 Å². The summed E-state index contributed by atoms with van der Waals surface area (Å²) in [5, 5.41) is 10.3. The molecule has 2 heterocycles. The first-order valence-corrected chi connectivity index (χ1v) is 11.2. The van der Waals surface area contributed by atoms with E-state index in [9.17, 15) is 23.1 Å². The lowest BCUT2D eigenvalue weighted by atomic mass is 9.61. The van der Waals surface area contributed by atoms with Gasteiger partial charge >= 0.3 is 6.18 Å². The van der Waals surface area contributed by atoms with Crippen molar-refractivity contribution >= 4 is 5.91 Å². The van der Waals surface area contributed by atoms with E-state index >= 15 is 0 Å². The second kappa shape index (κ2) is 8.02. The van der Waals surface area contributed by atoms with Crippen molar-refractivity contribution in [3.05, 3.63) is 65.2 Å². The number of aliphatic hydroxyl groups is 1. The third-order valence-electron chi connectivity index (χ3n) is 7.27. The lowest BCUT2D eigenvalue weighted by Crippen LogP contribution is -2.52. The minimum atomic E-state index is -4.35. The van der Waals surface area contributed by atoms with E-state index in [0.717, 1.165) is 43.4 Å². The van der Waals surface area contributed by atoms with Crippen LogP contribution in [0.1, 0.15) is 47.2 Å². The molecule has 1 N–H and O–H groups in total. The van der Waals surface area contributed by atoms with E-state index in [1.165, 1.54) is 12.1 Å². The summed E-state index contributed by atoms with van der Waals surface area (Å²) in [7, 11) is 0. The lowest BCUT2D eigenvalue weighted by Gasteiger charge is -2.51. The summed E-state index contributed by atoms with van der Waals surface area (Å²) in [4.78, 5) is 14.8. The van der Waals surface area contributed by atoms with Crippen molar-refractivity contribution in [2.75, 3.05) is 26.3 Å². The van der Waals surface area contributed by atoms with Gasteiger partial charge in [-0.25, -0.2) is 0 Å². The molecular formula is C25H26F3NO4. The molecule has 1 aliphatic carbocycles. The van der Waals surface area contributed by atoms with Crippen LogP contribution in [0, 0.1) is 5.41 Å². The highest BCUT2D eigenvalue weighted by Crippen LogP contribution is 2.50. The lowest BCUT2D eigenvalue weighted by molar-refractivity contribution is -0.184. The first kappa shape index (κ1) is 22.2. The molecule has 2 aromatic carbocycles. The second-order valence-electron chi connectivity index (χ2n) is 9.56. The highest BCUT2D eigenvalue weighted by atomic mass is 19.4. The molecule has 5 rings (SSSR count). The maximum Gasteiger partial charge on any atom is 0.416 e.